The SMILES string of the molecule is Cn1c(NCc2ccc(F)c(Br)c2F)nc(C(F)(F)F)cc1=O. The van der Waals surface area contributed by atoms with Crippen LogP contribution < -0.4 is 10.9 Å². The maximum Gasteiger partial charge on any atom is 0.433 e. The molecule has 0 saturated heterocycles. The van der Waals surface area contributed by atoms with Crippen LogP contribution in [0, 0.1) is 11.6 Å². The molecule has 4 nitrogen and oxygen atoms in total. The summed E-state index contributed by atoms with van der Waals surface area (Å²) in [5.74, 6) is -2.09. The Morgan fingerprint density at radius 3 is 2.57 bits per heavy atom. The number of hydrogen-bond acceptors (Lipinski definition) is 3. The number of nitrogens with zero attached hydrogens (tertiary/aromatic N) is 2. The van der Waals surface area contributed by atoms with Gasteiger partial charge in [0.15, 0.2) is 5.69 Å². The van der Waals surface area contributed by atoms with Crippen molar-refractivity contribution >= 4 is 21.9 Å². The summed E-state index contributed by atoms with van der Waals surface area (Å²) in [5.41, 5.74) is -2.29. The third-order valence-corrected chi connectivity index (χ3v) is 3.70. The Labute approximate surface area is 135 Å². The lowest BCUT2D eigenvalue weighted by Crippen LogP contribution is -2.25. The first-order valence-electron chi connectivity index (χ1n) is 6.12. The first-order valence-corrected chi connectivity index (χ1v) is 6.92. The molecule has 0 atom stereocenters. The first-order chi connectivity index (χ1) is 10.6. The molecule has 10 heteroatoms. The van der Waals surface area contributed by atoms with Crippen molar-refractivity contribution < 1.29 is 22.0 Å². The van der Waals surface area contributed by atoms with Crippen molar-refractivity contribution in [3.05, 3.63) is 55.9 Å². The van der Waals surface area contributed by atoms with Crippen molar-refractivity contribution in [2.45, 2.75) is 12.7 Å². The molecule has 0 aliphatic heterocycles. The number of anilines is 1. The summed E-state index contributed by atoms with van der Waals surface area (Å²) in [4.78, 5) is 14.8. The molecule has 1 heterocycles. The molecule has 2 aromatic rings. The van der Waals surface area contributed by atoms with E-state index in [-0.39, 0.29) is 22.5 Å². The van der Waals surface area contributed by atoms with E-state index in [1.165, 1.54) is 7.05 Å². The van der Waals surface area contributed by atoms with Gasteiger partial charge in [0.05, 0.1) is 4.47 Å². The van der Waals surface area contributed by atoms with Crippen LogP contribution in [0.15, 0.2) is 27.5 Å². The fourth-order valence-corrected chi connectivity index (χ4v) is 2.11. The molecule has 0 unspecified atom stereocenters. The highest BCUT2D eigenvalue weighted by atomic mass is 79.9. The van der Waals surface area contributed by atoms with Crippen molar-refractivity contribution in [1.29, 1.82) is 0 Å². The minimum atomic E-state index is -4.78. The van der Waals surface area contributed by atoms with E-state index in [0.717, 1.165) is 16.7 Å². The highest BCUT2D eigenvalue weighted by Crippen LogP contribution is 2.27. The molecule has 0 amide bonds. The lowest BCUT2D eigenvalue weighted by molar-refractivity contribution is -0.141. The van der Waals surface area contributed by atoms with Gasteiger partial charge in [-0.2, -0.15) is 13.2 Å². The molecule has 2 rings (SSSR count). The molecule has 1 aromatic carbocycles. The van der Waals surface area contributed by atoms with Crippen molar-refractivity contribution in [1.82, 2.24) is 9.55 Å². The number of hydrogen-bond donors (Lipinski definition) is 1. The normalized spacial score (nSPS) is 11.6. The van der Waals surface area contributed by atoms with Gasteiger partial charge in [-0.15, -0.1) is 0 Å². The van der Waals surface area contributed by atoms with E-state index in [1.807, 2.05) is 0 Å². The summed E-state index contributed by atoms with van der Waals surface area (Å²) in [6.45, 7) is -0.285. The Balaban J connectivity index is 2.33. The van der Waals surface area contributed by atoms with Crippen LogP contribution in [0.5, 0.6) is 0 Å². The number of nitrogens with one attached hydrogen (secondary N) is 1. The largest absolute Gasteiger partial charge is 0.433 e. The van der Waals surface area contributed by atoms with Gasteiger partial charge in [0, 0.05) is 25.2 Å². The fraction of sp³-hybridized carbons (Fsp3) is 0.231. The predicted molar refractivity (Wildman–Crippen MR) is 75.9 cm³/mol. The summed E-state index contributed by atoms with van der Waals surface area (Å²) < 4.78 is 65.4. The monoisotopic (exact) mass is 397 g/mol. The summed E-state index contributed by atoms with van der Waals surface area (Å²) in [5, 5.41) is 2.44. The molecule has 0 aliphatic rings. The van der Waals surface area contributed by atoms with Gasteiger partial charge in [0.25, 0.3) is 5.56 Å². The fourth-order valence-electron chi connectivity index (χ4n) is 1.72. The van der Waals surface area contributed by atoms with Crippen LogP contribution >= 0.6 is 15.9 Å². The number of halogens is 6. The highest BCUT2D eigenvalue weighted by Gasteiger charge is 2.33. The molecule has 0 bridgehead atoms. The molecule has 0 radical (unpaired) electrons. The van der Waals surface area contributed by atoms with E-state index < -0.39 is 29.1 Å². The molecule has 1 aromatic heterocycles. The molecule has 0 fully saturated rings. The Hall–Kier alpha value is -1.97. The Kier molecular flexibility index (Phi) is 4.73. The van der Waals surface area contributed by atoms with Gasteiger partial charge in [0.2, 0.25) is 5.95 Å². The second kappa shape index (κ2) is 6.26. The van der Waals surface area contributed by atoms with Crippen molar-refractivity contribution in [2.24, 2.45) is 7.05 Å². The van der Waals surface area contributed by atoms with Gasteiger partial charge in [-0.05, 0) is 22.0 Å². The van der Waals surface area contributed by atoms with Crippen LogP contribution in [0.3, 0.4) is 0 Å². The quantitative estimate of drug-likeness (QED) is 0.637. The minimum absolute atomic E-state index is 0.00932. The number of aromatic nitrogens is 2. The van der Waals surface area contributed by atoms with Gasteiger partial charge in [-0.25, -0.2) is 13.8 Å². The predicted octanol–water partition coefficient (Wildman–Crippen LogP) is 3.45. The lowest BCUT2D eigenvalue weighted by atomic mass is 10.2. The van der Waals surface area contributed by atoms with Crippen LogP contribution in [0.1, 0.15) is 11.3 Å². The maximum atomic E-state index is 13.8. The first kappa shape index (κ1) is 17.4. The zero-order valence-corrected chi connectivity index (χ0v) is 13.1. The van der Waals surface area contributed by atoms with E-state index in [4.69, 9.17) is 0 Å². The maximum absolute atomic E-state index is 13.8. The molecule has 0 spiro atoms. The van der Waals surface area contributed by atoms with Gasteiger partial charge in [0.1, 0.15) is 11.6 Å². The molecule has 0 aliphatic carbocycles. The zero-order chi connectivity index (χ0) is 17.4. The van der Waals surface area contributed by atoms with Gasteiger partial charge >= 0.3 is 6.18 Å². The Morgan fingerprint density at radius 2 is 1.96 bits per heavy atom. The summed E-state index contributed by atoms with van der Waals surface area (Å²) in [6, 6.07) is 2.50. The summed E-state index contributed by atoms with van der Waals surface area (Å²) in [7, 11) is 1.22. The van der Waals surface area contributed by atoms with E-state index in [1.54, 1.807) is 0 Å². The van der Waals surface area contributed by atoms with Crippen molar-refractivity contribution in [2.75, 3.05) is 5.32 Å². The average Bonchev–Trinajstić information content (AvgIpc) is 2.46. The molecule has 23 heavy (non-hydrogen) atoms. The summed E-state index contributed by atoms with van der Waals surface area (Å²) >= 11 is 2.72. The van der Waals surface area contributed by atoms with E-state index >= 15 is 0 Å². The standard InChI is InChI=1S/C13H9BrF5N3O/c1-22-9(23)4-8(13(17,18)19)21-12(22)20-5-6-2-3-7(15)10(14)11(6)16/h2-4H,5H2,1H3,(H,20,21). The van der Waals surface area contributed by atoms with E-state index in [9.17, 15) is 26.7 Å². The molecule has 124 valence electrons. The van der Waals surface area contributed by atoms with Crippen LogP contribution in [0.4, 0.5) is 27.9 Å². The second-order valence-electron chi connectivity index (χ2n) is 4.55. The number of alkyl halides is 3. The average molecular weight is 398 g/mol. The topological polar surface area (TPSA) is 46.9 Å². The Bertz CT molecular complexity index is 803. The molecular formula is C13H9BrF5N3O. The van der Waals surface area contributed by atoms with Crippen LogP contribution in [-0.4, -0.2) is 9.55 Å². The van der Waals surface area contributed by atoms with Crippen LogP contribution in [0.25, 0.3) is 0 Å². The molecule has 1 N–H and O–H groups in total. The van der Waals surface area contributed by atoms with E-state index in [2.05, 4.69) is 26.2 Å². The second-order valence-corrected chi connectivity index (χ2v) is 5.34. The smallest absolute Gasteiger partial charge is 0.351 e. The minimum Gasteiger partial charge on any atom is -0.351 e. The lowest BCUT2D eigenvalue weighted by Gasteiger charge is -2.13. The van der Waals surface area contributed by atoms with Crippen LogP contribution in [0.2, 0.25) is 0 Å². The highest BCUT2D eigenvalue weighted by molar-refractivity contribution is 9.10. The van der Waals surface area contributed by atoms with Gasteiger partial charge in [-0.1, -0.05) is 6.07 Å². The van der Waals surface area contributed by atoms with Gasteiger partial charge < -0.3 is 5.32 Å². The molecule has 0 saturated carbocycles. The zero-order valence-electron chi connectivity index (χ0n) is 11.5. The Morgan fingerprint density at radius 1 is 1.30 bits per heavy atom. The van der Waals surface area contributed by atoms with Crippen molar-refractivity contribution in [3.63, 3.8) is 0 Å². The number of rotatable bonds is 3. The van der Waals surface area contributed by atoms with E-state index in [0.29, 0.717) is 6.07 Å². The third kappa shape index (κ3) is 3.69. The van der Waals surface area contributed by atoms with Crippen LogP contribution in [-0.2, 0) is 19.8 Å². The number of benzene rings is 1. The third-order valence-electron chi connectivity index (χ3n) is 2.98. The van der Waals surface area contributed by atoms with Crippen molar-refractivity contribution in [3.8, 4) is 0 Å². The molecular weight excluding hydrogens is 389 g/mol. The van der Waals surface area contributed by atoms with Gasteiger partial charge in [-0.3, -0.25) is 9.36 Å². The summed E-state index contributed by atoms with van der Waals surface area (Å²) in [6.07, 6.45) is -4.78.